The lowest BCUT2D eigenvalue weighted by Gasteiger charge is -2.38. The fourth-order valence-electron chi connectivity index (χ4n) is 3.80. The van der Waals surface area contributed by atoms with Crippen molar-refractivity contribution in [1.82, 2.24) is 0 Å². The number of ether oxygens (including phenoxy) is 1. The standard InChI is InChI=1S/C15H29NO/c1-2-12-3-4-14(11-16)15(9-12)10-13-5-7-17-8-6-13/h12-15H,2-11,16H2,1H3. The highest BCUT2D eigenvalue weighted by atomic mass is 16.5. The average Bonchev–Trinajstić information content (AvgIpc) is 2.40. The summed E-state index contributed by atoms with van der Waals surface area (Å²) < 4.78 is 5.46. The summed E-state index contributed by atoms with van der Waals surface area (Å²) in [6.07, 6.45) is 9.58. The summed E-state index contributed by atoms with van der Waals surface area (Å²) in [5, 5.41) is 0. The predicted octanol–water partition coefficient (Wildman–Crippen LogP) is 3.20. The summed E-state index contributed by atoms with van der Waals surface area (Å²) in [5.41, 5.74) is 5.96. The Balaban J connectivity index is 1.85. The van der Waals surface area contributed by atoms with Crippen LogP contribution in [0, 0.1) is 23.7 Å². The Morgan fingerprint density at radius 2 is 1.76 bits per heavy atom. The van der Waals surface area contributed by atoms with Crippen molar-refractivity contribution in [2.24, 2.45) is 29.4 Å². The molecule has 17 heavy (non-hydrogen) atoms. The molecule has 1 aliphatic heterocycles. The van der Waals surface area contributed by atoms with Crippen molar-refractivity contribution in [2.45, 2.75) is 51.9 Å². The maximum absolute atomic E-state index is 5.96. The number of nitrogens with two attached hydrogens (primary N) is 1. The molecule has 3 atom stereocenters. The molecule has 0 aromatic heterocycles. The lowest BCUT2D eigenvalue weighted by atomic mass is 9.69. The van der Waals surface area contributed by atoms with Crippen molar-refractivity contribution in [3.05, 3.63) is 0 Å². The van der Waals surface area contributed by atoms with E-state index < -0.39 is 0 Å². The maximum atomic E-state index is 5.96. The van der Waals surface area contributed by atoms with Gasteiger partial charge in [0.15, 0.2) is 0 Å². The quantitative estimate of drug-likeness (QED) is 0.817. The van der Waals surface area contributed by atoms with Crippen molar-refractivity contribution in [3.8, 4) is 0 Å². The first kappa shape index (κ1) is 13.4. The minimum absolute atomic E-state index is 0.806. The van der Waals surface area contributed by atoms with Crippen molar-refractivity contribution in [2.75, 3.05) is 19.8 Å². The van der Waals surface area contributed by atoms with Crippen LogP contribution in [0.3, 0.4) is 0 Å². The van der Waals surface area contributed by atoms with E-state index in [0.717, 1.165) is 43.4 Å². The molecular formula is C15H29NO. The van der Waals surface area contributed by atoms with Crippen molar-refractivity contribution >= 4 is 0 Å². The van der Waals surface area contributed by atoms with Crippen LogP contribution in [0.25, 0.3) is 0 Å². The lowest BCUT2D eigenvalue weighted by Crippen LogP contribution is -2.32. The molecule has 0 aromatic rings. The average molecular weight is 239 g/mol. The zero-order valence-corrected chi connectivity index (χ0v) is 11.4. The number of hydrogen-bond acceptors (Lipinski definition) is 2. The Bertz CT molecular complexity index is 213. The second-order valence-electron chi connectivity index (χ2n) is 6.13. The fourth-order valence-corrected chi connectivity index (χ4v) is 3.80. The Morgan fingerprint density at radius 3 is 2.41 bits per heavy atom. The van der Waals surface area contributed by atoms with E-state index in [-0.39, 0.29) is 0 Å². The van der Waals surface area contributed by atoms with Gasteiger partial charge in [0.2, 0.25) is 0 Å². The molecule has 1 saturated carbocycles. The van der Waals surface area contributed by atoms with Gasteiger partial charge in [-0.1, -0.05) is 19.8 Å². The van der Waals surface area contributed by atoms with Crippen molar-refractivity contribution in [1.29, 1.82) is 0 Å². The Labute approximate surface area is 106 Å². The third-order valence-corrected chi connectivity index (χ3v) is 5.11. The minimum Gasteiger partial charge on any atom is -0.381 e. The lowest BCUT2D eigenvalue weighted by molar-refractivity contribution is 0.0470. The van der Waals surface area contributed by atoms with Gasteiger partial charge in [0.05, 0.1) is 0 Å². The van der Waals surface area contributed by atoms with Crippen LogP contribution in [0.2, 0.25) is 0 Å². The van der Waals surface area contributed by atoms with Gasteiger partial charge in [-0.25, -0.2) is 0 Å². The SMILES string of the molecule is CCC1CCC(CN)C(CC2CCOCC2)C1. The van der Waals surface area contributed by atoms with Gasteiger partial charge in [-0.05, 0) is 62.3 Å². The van der Waals surface area contributed by atoms with Gasteiger partial charge in [0, 0.05) is 13.2 Å². The molecule has 3 unspecified atom stereocenters. The van der Waals surface area contributed by atoms with Crippen LogP contribution >= 0.6 is 0 Å². The van der Waals surface area contributed by atoms with E-state index in [1.807, 2.05) is 0 Å². The fraction of sp³-hybridized carbons (Fsp3) is 1.00. The van der Waals surface area contributed by atoms with Crippen LogP contribution in [-0.2, 0) is 4.74 Å². The first-order valence-corrected chi connectivity index (χ1v) is 7.61. The topological polar surface area (TPSA) is 35.2 Å². The zero-order chi connectivity index (χ0) is 12.1. The van der Waals surface area contributed by atoms with Crippen molar-refractivity contribution < 1.29 is 4.74 Å². The zero-order valence-electron chi connectivity index (χ0n) is 11.4. The van der Waals surface area contributed by atoms with E-state index >= 15 is 0 Å². The summed E-state index contributed by atoms with van der Waals surface area (Å²) in [6.45, 7) is 5.23. The molecular weight excluding hydrogens is 210 g/mol. The van der Waals surface area contributed by atoms with Crippen LogP contribution in [0.4, 0.5) is 0 Å². The largest absolute Gasteiger partial charge is 0.381 e. The van der Waals surface area contributed by atoms with E-state index in [1.54, 1.807) is 0 Å². The molecule has 0 radical (unpaired) electrons. The molecule has 1 heterocycles. The molecule has 2 N–H and O–H groups in total. The summed E-state index contributed by atoms with van der Waals surface area (Å²) in [4.78, 5) is 0. The highest BCUT2D eigenvalue weighted by molar-refractivity contribution is 4.82. The summed E-state index contributed by atoms with van der Waals surface area (Å²) in [7, 11) is 0. The van der Waals surface area contributed by atoms with Crippen LogP contribution in [-0.4, -0.2) is 19.8 Å². The molecule has 0 spiro atoms. The van der Waals surface area contributed by atoms with Crippen LogP contribution in [0.1, 0.15) is 51.9 Å². The maximum Gasteiger partial charge on any atom is 0.0468 e. The van der Waals surface area contributed by atoms with Gasteiger partial charge < -0.3 is 10.5 Å². The van der Waals surface area contributed by atoms with Crippen LogP contribution in [0.5, 0.6) is 0 Å². The number of rotatable bonds is 4. The molecule has 1 saturated heterocycles. The Kier molecular flexibility index (Phi) is 5.30. The third-order valence-electron chi connectivity index (χ3n) is 5.11. The molecule has 2 heteroatoms. The third kappa shape index (κ3) is 3.69. The highest BCUT2D eigenvalue weighted by Crippen LogP contribution is 2.39. The van der Waals surface area contributed by atoms with E-state index in [1.165, 1.54) is 44.9 Å². The molecule has 100 valence electrons. The van der Waals surface area contributed by atoms with Gasteiger partial charge in [0.25, 0.3) is 0 Å². The molecule has 0 bridgehead atoms. The molecule has 0 amide bonds. The first-order chi connectivity index (χ1) is 8.33. The van der Waals surface area contributed by atoms with Gasteiger partial charge >= 0.3 is 0 Å². The molecule has 2 nitrogen and oxygen atoms in total. The molecule has 0 aromatic carbocycles. The second kappa shape index (κ2) is 6.75. The second-order valence-corrected chi connectivity index (χ2v) is 6.13. The molecule has 2 aliphatic rings. The minimum atomic E-state index is 0.806. The van der Waals surface area contributed by atoms with Gasteiger partial charge in [-0.3, -0.25) is 0 Å². The Hall–Kier alpha value is -0.0800. The van der Waals surface area contributed by atoms with E-state index in [0.29, 0.717) is 0 Å². The van der Waals surface area contributed by atoms with E-state index in [2.05, 4.69) is 6.92 Å². The summed E-state index contributed by atoms with van der Waals surface area (Å²) in [6, 6.07) is 0. The Morgan fingerprint density at radius 1 is 1.00 bits per heavy atom. The predicted molar refractivity (Wildman–Crippen MR) is 71.8 cm³/mol. The van der Waals surface area contributed by atoms with Gasteiger partial charge in [0.1, 0.15) is 0 Å². The highest BCUT2D eigenvalue weighted by Gasteiger charge is 2.31. The molecule has 1 aliphatic carbocycles. The van der Waals surface area contributed by atoms with E-state index in [4.69, 9.17) is 10.5 Å². The van der Waals surface area contributed by atoms with Crippen molar-refractivity contribution in [3.63, 3.8) is 0 Å². The van der Waals surface area contributed by atoms with Gasteiger partial charge in [-0.15, -0.1) is 0 Å². The molecule has 2 rings (SSSR count). The summed E-state index contributed by atoms with van der Waals surface area (Å²) >= 11 is 0. The summed E-state index contributed by atoms with van der Waals surface area (Å²) in [5.74, 6) is 3.60. The number of hydrogen-bond donors (Lipinski definition) is 1. The van der Waals surface area contributed by atoms with E-state index in [9.17, 15) is 0 Å². The first-order valence-electron chi connectivity index (χ1n) is 7.61. The van der Waals surface area contributed by atoms with Crippen LogP contribution in [0.15, 0.2) is 0 Å². The smallest absolute Gasteiger partial charge is 0.0468 e. The van der Waals surface area contributed by atoms with Gasteiger partial charge in [-0.2, -0.15) is 0 Å². The normalized spacial score (nSPS) is 36.0. The van der Waals surface area contributed by atoms with Crippen LogP contribution < -0.4 is 5.73 Å². The molecule has 2 fully saturated rings. The monoisotopic (exact) mass is 239 g/mol.